The molecule has 0 unspecified atom stereocenters. The van der Waals surface area contributed by atoms with E-state index in [1.165, 1.54) is 0 Å². The molecule has 2 aromatic rings. The Morgan fingerprint density at radius 2 is 2.32 bits per heavy atom. The van der Waals surface area contributed by atoms with Crippen LogP contribution in [-0.2, 0) is 0 Å². The molecule has 0 saturated carbocycles. The summed E-state index contributed by atoms with van der Waals surface area (Å²) in [4.78, 5) is 13.1. The van der Waals surface area contributed by atoms with Gasteiger partial charge in [-0.1, -0.05) is 18.2 Å². The summed E-state index contributed by atoms with van der Waals surface area (Å²) in [6.45, 7) is 3.89. The maximum Gasteiger partial charge on any atom is 0.223 e. The molecule has 1 aliphatic rings. The SMILES string of the molecule is C=CCCSc1nc(N)nc2c1ncn2[C@@H]1C=C[C@H](CO)C1. The molecule has 3 N–H and O–H groups in total. The average molecular weight is 317 g/mol. The average Bonchev–Trinajstić information content (AvgIpc) is 3.13. The van der Waals surface area contributed by atoms with Gasteiger partial charge in [-0.3, -0.25) is 0 Å². The number of thioether (sulfide) groups is 1. The molecule has 3 rings (SSSR count). The normalized spacial score (nSPS) is 20.8. The van der Waals surface area contributed by atoms with E-state index in [1.807, 2.05) is 16.7 Å². The van der Waals surface area contributed by atoms with E-state index in [2.05, 4.69) is 27.6 Å². The van der Waals surface area contributed by atoms with Crippen molar-refractivity contribution in [3.63, 3.8) is 0 Å². The van der Waals surface area contributed by atoms with E-state index in [9.17, 15) is 5.11 Å². The Labute approximate surface area is 133 Å². The summed E-state index contributed by atoms with van der Waals surface area (Å²) in [5.41, 5.74) is 7.39. The van der Waals surface area contributed by atoms with E-state index in [0.717, 1.165) is 34.8 Å². The summed E-state index contributed by atoms with van der Waals surface area (Å²) in [6, 6.07) is 0.155. The summed E-state index contributed by atoms with van der Waals surface area (Å²) < 4.78 is 2.01. The Morgan fingerprint density at radius 1 is 1.45 bits per heavy atom. The third-order valence-corrected chi connectivity index (χ3v) is 4.71. The summed E-state index contributed by atoms with van der Waals surface area (Å²) >= 11 is 1.61. The number of fused-ring (bicyclic) bond motifs is 1. The summed E-state index contributed by atoms with van der Waals surface area (Å²) in [5, 5.41) is 10.1. The second kappa shape index (κ2) is 6.50. The first-order valence-electron chi connectivity index (χ1n) is 7.26. The third-order valence-electron chi connectivity index (χ3n) is 3.71. The van der Waals surface area contributed by atoms with Crippen LogP contribution in [0.4, 0.5) is 5.95 Å². The Morgan fingerprint density at radius 3 is 3.05 bits per heavy atom. The lowest BCUT2D eigenvalue weighted by Gasteiger charge is -2.12. The van der Waals surface area contributed by atoms with Crippen molar-refractivity contribution in [2.75, 3.05) is 18.1 Å². The van der Waals surface area contributed by atoms with Crippen molar-refractivity contribution in [1.29, 1.82) is 0 Å². The molecular weight excluding hydrogens is 298 g/mol. The molecule has 0 aromatic carbocycles. The van der Waals surface area contributed by atoms with E-state index < -0.39 is 0 Å². The minimum atomic E-state index is 0.155. The minimum Gasteiger partial charge on any atom is -0.396 e. The van der Waals surface area contributed by atoms with Gasteiger partial charge < -0.3 is 15.4 Å². The molecule has 0 spiro atoms. The van der Waals surface area contributed by atoms with Crippen LogP contribution in [0, 0.1) is 5.92 Å². The van der Waals surface area contributed by atoms with Crippen molar-refractivity contribution in [2.24, 2.45) is 5.92 Å². The Kier molecular flexibility index (Phi) is 4.44. The van der Waals surface area contributed by atoms with Gasteiger partial charge >= 0.3 is 0 Å². The maximum atomic E-state index is 9.27. The van der Waals surface area contributed by atoms with Crippen LogP contribution in [-0.4, -0.2) is 37.0 Å². The van der Waals surface area contributed by atoms with Gasteiger partial charge in [0.25, 0.3) is 0 Å². The molecule has 22 heavy (non-hydrogen) atoms. The van der Waals surface area contributed by atoms with E-state index in [0.29, 0.717) is 0 Å². The van der Waals surface area contributed by atoms with Gasteiger partial charge in [0.2, 0.25) is 5.95 Å². The van der Waals surface area contributed by atoms with Crippen LogP contribution in [0.1, 0.15) is 18.9 Å². The number of hydrogen-bond donors (Lipinski definition) is 2. The molecule has 2 aromatic heterocycles. The molecule has 6 nitrogen and oxygen atoms in total. The monoisotopic (exact) mass is 317 g/mol. The van der Waals surface area contributed by atoms with Gasteiger partial charge in [-0.25, -0.2) is 9.97 Å². The molecule has 0 fully saturated rings. The van der Waals surface area contributed by atoms with E-state index in [-0.39, 0.29) is 24.5 Å². The molecule has 0 saturated heterocycles. The molecule has 2 atom stereocenters. The lowest BCUT2D eigenvalue weighted by Crippen LogP contribution is -2.08. The first-order valence-corrected chi connectivity index (χ1v) is 8.24. The lowest BCUT2D eigenvalue weighted by atomic mass is 10.1. The third kappa shape index (κ3) is 2.86. The zero-order valence-electron chi connectivity index (χ0n) is 12.2. The van der Waals surface area contributed by atoms with Crippen LogP contribution in [0.5, 0.6) is 0 Å². The van der Waals surface area contributed by atoms with Crippen molar-refractivity contribution in [2.45, 2.75) is 23.9 Å². The number of hydrogen-bond acceptors (Lipinski definition) is 6. The second-order valence-corrected chi connectivity index (χ2v) is 6.35. The predicted octanol–water partition coefficient (Wildman–Crippen LogP) is 2.19. The number of nitrogen functional groups attached to an aromatic ring is 1. The predicted molar refractivity (Wildman–Crippen MR) is 88.6 cm³/mol. The molecular formula is C15H19N5OS. The molecule has 0 amide bonds. The first-order chi connectivity index (χ1) is 10.7. The van der Waals surface area contributed by atoms with Gasteiger partial charge in [-0.15, -0.1) is 18.3 Å². The van der Waals surface area contributed by atoms with Gasteiger partial charge in [-0.05, 0) is 12.8 Å². The Balaban J connectivity index is 1.93. The van der Waals surface area contributed by atoms with Crippen molar-refractivity contribution in [3.05, 3.63) is 31.1 Å². The number of aromatic nitrogens is 4. The number of nitrogens with two attached hydrogens (primary N) is 1. The zero-order valence-corrected chi connectivity index (χ0v) is 13.0. The fraction of sp³-hybridized carbons (Fsp3) is 0.400. The first kappa shape index (κ1) is 15.1. The highest BCUT2D eigenvalue weighted by Crippen LogP contribution is 2.32. The Bertz CT molecular complexity index is 711. The van der Waals surface area contributed by atoms with Crippen molar-refractivity contribution in [1.82, 2.24) is 19.5 Å². The van der Waals surface area contributed by atoms with Gasteiger partial charge in [0.1, 0.15) is 10.5 Å². The van der Waals surface area contributed by atoms with E-state index >= 15 is 0 Å². The number of aliphatic hydroxyl groups is 1. The number of anilines is 1. The molecule has 0 aliphatic heterocycles. The standard InChI is InChI=1S/C15H19N5OS/c1-2-3-6-22-14-12-13(18-15(16)19-14)20(9-17-12)11-5-4-10(7-11)8-21/h2,4-5,9-11,21H,1,3,6-8H2,(H2,16,18,19)/t10-,11+/m0/s1. The summed E-state index contributed by atoms with van der Waals surface area (Å²) in [5.74, 6) is 1.34. The quantitative estimate of drug-likeness (QED) is 0.367. The molecule has 0 radical (unpaired) electrons. The van der Waals surface area contributed by atoms with Crippen LogP contribution < -0.4 is 5.73 Å². The zero-order chi connectivity index (χ0) is 15.5. The van der Waals surface area contributed by atoms with Crippen molar-refractivity contribution < 1.29 is 5.11 Å². The Hall–Kier alpha value is -1.86. The largest absolute Gasteiger partial charge is 0.396 e. The molecule has 116 valence electrons. The number of rotatable bonds is 6. The van der Waals surface area contributed by atoms with Gasteiger partial charge in [-0.2, -0.15) is 4.98 Å². The highest BCUT2D eigenvalue weighted by Gasteiger charge is 2.23. The molecule has 2 heterocycles. The maximum absolute atomic E-state index is 9.27. The molecule has 0 bridgehead atoms. The van der Waals surface area contributed by atoms with Gasteiger partial charge in [0, 0.05) is 18.3 Å². The highest BCUT2D eigenvalue weighted by molar-refractivity contribution is 7.99. The molecule has 7 heteroatoms. The van der Waals surface area contributed by atoms with Gasteiger partial charge in [0.05, 0.1) is 12.4 Å². The van der Waals surface area contributed by atoms with Crippen LogP contribution in [0.3, 0.4) is 0 Å². The van der Waals surface area contributed by atoms with Crippen LogP contribution in [0.15, 0.2) is 36.2 Å². The summed E-state index contributed by atoms with van der Waals surface area (Å²) in [6.07, 6.45) is 9.55. The van der Waals surface area contributed by atoms with E-state index in [1.54, 1.807) is 18.1 Å². The van der Waals surface area contributed by atoms with Crippen molar-refractivity contribution in [3.8, 4) is 0 Å². The minimum absolute atomic E-state index is 0.155. The fourth-order valence-corrected chi connectivity index (χ4v) is 3.50. The van der Waals surface area contributed by atoms with Crippen molar-refractivity contribution >= 4 is 28.9 Å². The highest BCUT2D eigenvalue weighted by atomic mass is 32.2. The van der Waals surface area contributed by atoms with Crippen LogP contribution in [0.25, 0.3) is 11.2 Å². The number of allylic oxidation sites excluding steroid dienone is 2. The number of aliphatic hydroxyl groups excluding tert-OH is 1. The van der Waals surface area contributed by atoms with Crippen LogP contribution in [0.2, 0.25) is 0 Å². The molecule has 1 aliphatic carbocycles. The summed E-state index contributed by atoms with van der Waals surface area (Å²) in [7, 11) is 0. The second-order valence-electron chi connectivity index (χ2n) is 5.27. The van der Waals surface area contributed by atoms with Crippen LogP contribution >= 0.6 is 11.8 Å². The number of imidazole rings is 1. The lowest BCUT2D eigenvalue weighted by molar-refractivity contribution is 0.244. The topological polar surface area (TPSA) is 89.9 Å². The van der Waals surface area contributed by atoms with Gasteiger partial charge in [0.15, 0.2) is 5.65 Å². The number of nitrogens with zero attached hydrogens (tertiary/aromatic N) is 4. The smallest absolute Gasteiger partial charge is 0.223 e. The van der Waals surface area contributed by atoms with E-state index in [4.69, 9.17) is 5.73 Å². The fourth-order valence-electron chi connectivity index (χ4n) is 2.58.